The van der Waals surface area contributed by atoms with Gasteiger partial charge < -0.3 is 9.64 Å². The predicted octanol–water partition coefficient (Wildman–Crippen LogP) is 0.850. The number of likely N-dealkylation sites (N-methyl/N-ethyl adjacent to an activating group) is 1. The second kappa shape index (κ2) is 5.82. The highest BCUT2D eigenvalue weighted by Crippen LogP contribution is 2.06. The van der Waals surface area contributed by atoms with Crippen molar-refractivity contribution in [2.45, 2.75) is 0 Å². The topological polar surface area (TPSA) is 28.6 Å². The summed E-state index contributed by atoms with van der Waals surface area (Å²) < 4.78 is 5.32. The Morgan fingerprint density at radius 1 is 1.38 bits per heavy atom. The van der Waals surface area contributed by atoms with Crippen molar-refractivity contribution in [2.75, 3.05) is 51.3 Å². The fraction of sp³-hybridized carbons (Fsp3) is 0.583. The van der Waals surface area contributed by atoms with Crippen molar-refractivity contribution in [1.29, 1.82) is 0 Å². The van der Waals surface area contributed by atoms with Crippen molar-refractivity contribution in [3.8, 4) is 0 Å². The molecule has 1 aliphatic heterocycles. The standard InChI is InChI=1S/C12H19N3O/c1-14(12-4-2-3-5-13-12)6-7-15-8-10-16-11-9-15/h2-5H,6-11H2,1H3. The van der Waals surface area contributed by atoms with Crippen LogP contribution in [0, 0.1) is 0 Å². The summed E-state index contributed by atoms with van der Waals surface area (Å²) in [6, 6.07) is 6.01. The molecular weight excluding hydrogens is 202 g/mol. The van der Waals surface area contributed by atoms with Crippen molar-refractivity contribution >= 4 is 5.82 Å². The molecule has 0 bridgehead atoms. The number of anilines is 1. The third-order valence-corrected chi connectivity index (χ3v) is 2.90. The fourth-order valence-corrected chi connectivity index (χ4v) is 1.81. The second-order valence-corrected chi connectivity index (χ2v) is 4.06. The van der Waals surface area contributed by atoms with Crippen LogP contribution < -0.4 is 4.90 Å². The summed E-state index contributed by atoms with van der Waals surface area (Å²) in [5, 5.41) is 0. The van der Waals surface area contributed by atoms with E-state index in [1.54, 1.807) is 0 Å². The summed E-state index contributed by atoms with van der Waals surface area (Å²) in [5.41, 5.74) is 0. The molecule has 2 heterocycles. The number of ether oxygens (including phenoxy) is 1. The van der Waals surface area contributed by atoms with Crippen LogP contribution in [0.1, 0.15) is 0 Å². The molecular formula is C12H19N3O. The van der Waals surface area contributed by atoms with Gasteiger partial charge in [-0.25, -0.2) is 4.98 Å². The quantitative estimate of drug-likeness (QED) is 0.753. The van der Waals surface area contributed by atoms with Crippen molar-refractivity contribution in [3.63, 3.8) is 0 Å². The van der Waals surface area contributed by atoms with Crippen molar-refractivity contribution < 1.29 is 4.74 Å². The molecule has 0 amide bonds. The van der Waals surface area contributed by atoms with Gasteiger partial charge in [-0.1, -0.05) is 6.07 Å². The molecule has 1 aromatic heterocycles. The number of pyridine rings is 1. The van der Waals surface area contributed by atoms with Gasteiger partial charge in [-0.15, -0.1) is 0 Å². The largest absolute Gasteiger partial charge is 0.379 e. The van der Waals surface area contributed by atoms with Gasteiger partial charge in [-0.05, 0) is 12.1 Å². The van der Waals surface area contributed by atoms with E-state index in [1.165, 1.54) is 0 Å². The summed E-state index contributed by atoms with van der Waals surface area (Å²) in [5.74, 6) is 1.04. The zero-order valence-corrected chi connectivity index (χ0v) is 9.80. The van der Waals surface area contributed by atoms with Crippen LogP contribution in [0.3, 0.4) is 0 Å². The highest BCUT2D eigenvalue weighted by atomic mass is 16.5. The van der Waals surface area contributed by atoms with E-state index in [9.17, 15) is 0 Å². The van der Waals surface area contributed by atoms with Crippen LogP contribution in [0.4, 0.5) is 5.82 Å². The third kappa shape index (κ3) is 3.18. The average Bonchev–Trinajstić information content (AvgIpc) is 2.38. The molecule has 88 valence electrons. The van der Waals surface area contributed by atoms with Gasteiger partial charge >= 0.3 is 0 Å². The lowest BCUT2D eigenvalue weighted by Crippen LogP contribution is -2.40. The third-order valence-electron chi connectivity index (χ3n) is 2.90. The van der Waals surface area contributed by atoms with E-state index >= 15 is 0 Å². The van der Waals surface area contributed by atoms with Crippen LogP contribution in [-0.4, -0.2) is 56.3 Å². The highest BCUT2D eigenvalue weighted by molar-refractivity contribution is 5.36. The number of aromatic nitrogens is 1. The molecule has 2 rings (SSSR count). The molecule has 1 fully saturated rings. The summed E-state index contributed by atoms with van der Waals surface area (Å²) >= 11 is 0. The first kappa shape index (κ1) is 11.4. The Morgan fingerprint density at radius 3 is 2.88 bits per heavy atom. The lowest BCUT2D eigenvalue weighted by atomic mass is 10.4. The van der Waals surface area contributed by atoms with Crippen LogP contribution >= 0.6 is 0 Å². The molecule has 1 aromatic rings. The zero-order chi connectivity index (χ0) is 11.2. The fourth-order valence-electron chi connectivity index (χ4n) is 1.81. The maximum absolute atomic E-state index is 5.32. The lowest BCUT2D eigenvalue weighted by Gasteiger charge is -2.28. The Labute approximate surface area is 96.8 Å². The number of rotatable bonds is 4. The first-order chi connectivity index (χ1) is 7.86. The van der Waals surface area contributed by atoms with E-state index < -0.39 is 0 Å². The smallest absolute Gasteiger partial charge is 0.128 e. The van der Waals surface area contributed by atoms with Crippen LogP contribution in [0.15, 0.2) is 24.4 Å². The van der Waals surface area contributed by atoms with Gasteiger partial charge in [0.25, 0.3) is 0 Å². The maximum atomic E-state index is 5.32. The molecule has 0 aliphatic carbocycles. The van der Waals surface area contributed by atoms with E-state index in [2.05, 4.69) is 21.8 Å². The van der Waals surface area contributed by atoms with Crippen molar-refractivity contribution in [3.05, 3.63) is 24.4 Å². The van der Waals surface area contributed by atoms with Crippen LogP contribution in [0.25, 0.3) is 0 Å². The van der Waals surface area contributed by atoms with Crippen LogP contribution in [0.5, 0.6) is 0 Å². The highest BCUT2D eigenvalue weighted by Gasteiger charge is 2.10. The Morgan fingerprint density at radius 2 is 2.19 bits per heavy atom. The van der Waals surface area contributed by atoms with Crippen LogP contribution in [-0.2, 0) is 4.74 Å². The second-order valence-electron chi connectivity index (χ2n) is 4.06. The molecule has 0 saturated carbocycles. The number of hydrogen-bond donors (Lipinski definition) is 0. The molecule has 16 heavy (non-hydrogen) atoms. The molecule has 0 unspecified atom stereocenters. The molecule has 1 aliphatic rings. The van der Waals surface area contributed by atoms with E-state index in [-0.39, 0.29) is 0 Å². The molecule has 0 atom stereocenters. The number of hydrogen-bond acceptors (Lipinski definition) is 4. The molecule has 0 spiro atoms. The van der Waals surface area contributed by atoms with Gasteiger partial charge in [0, 0.05) is 39.4 Å². The first-order valence-electron chi connectivity index (χ1n) is 5.78. The Kier molecular flexibility index (Phi) is 4.13. The monoisotopic (exact) mass is 221 g/mol. The van der Waals surface area contributed by atoms with E-state index in [0.29, 0.717) is 0 Å². The lowest BCUT2D eigenvalue weighted by molar-refractivity contribution is 0.0393. The molecule has 4 nitrogen and oxygen atoms in total. The van der Waals surface area contributed by atoms with E-state index in [0.717, 1.165) is 45.2 Å². The van der Waals surface area contributed by atoms with Gasteiger partial charge in [0.2, 0.25) is 0 Å². The normalized spacial score (nSPS) is 17.3. The van der Waals surface area contributed by atoms with Gasteiger partial charge in [-0.3, -0.25) is 4.90 Å². The molecule has 1 saturated heterocycles. The maximum Gasteiger partial charge on any atom is 0.128 e. The minimum absolute atomic E-state index is 0.868. The molecule has 0 aromatic carbocycles. The summed E-state index contributed by atoms with van der Waals surface area (Å²) in [6.45, 7) is 5.93. The van der Waals surface area contributed by atoms with E-state index in [1.807, 2.05) is 24.4 Å². The number of nitrogens with zero attached hydrogens (tertiary/aromatic N) is 3. The van der Waals surface area contributed by atoms with Crippen molar-refractivity contribution in [2.24, 2.45) is 0 Å². The Bertz CT molecular complexity index is 298. The van der Waals surface area contributed by atoms with Gasteiger partial charge in [0.15, 0.2) is 0 Å². The zero-order valence-electron chi connectivity index (χ0n) is 9.80. The average molecular weight is 221 g/mol. The summed E-state index contributed by atoms with van der Waals surface area (Å²) in [6.07, 6.45) is 1.83. The van der Waals surface area contributed by atoms with Crippen LogP contribution in [0.2, 0.25) is 0 Å². The summed E-state index contributed by atoms with van der Waals surface area (Å²) in [4.78, 5) is 8.95. The SMILES string of the molecule is CN(CCN1CCOCC1)c1ccccn1. The predicted molar refractivity (Wildman–Crippen MR) is 64.8 cm³/mol. The Hall–Kier alpha value is -1.13. The minimum atomic E-state index is 0.868. The van der Waals surface area contributed by atoms with Gasteiger partial charge in [0.1, 0.15) is 5.82 Å². The van der Waals surface area contributed by atoms with Gasteiger partial charge in [-0.2, -0.15) is 0 Å². The van der Waals surface area contributed by atoms with Crippen molar-refractivity contribution in [1.82, 2.24) is 9.88 Å². The minimum Gasteiger partial charge on any atom is -0.379 e. The first-order valence-corrected chi connectivity index (χ1v) is 5.78. The Balaban J connectivity index is 1.77. The van der Waals surface area contributed by atoms with Gasteiger partial charge in [0.05, 0.1) is 13.2 Å². The summed E-state index contributed by atoms with van der Waals surface area (Å²) in [7, 11) is 2.09. The van der Waals surface area contributed by atoms with E-state index in [4.69, 9.17) is 4.74 Å². The number of morpholine rings is 1. The molecule has 0 radical (unpaired) electrons. The molecule has 0 N–H and O–H groups in total. The molecule has 4 heteroatoms.